The van der Waals surface area contributed by atoms with Gasteiger partial charge in [-0.3, -0.25) is 5.32 Å². The number of methoxy groups -OCH3 is 1. The fourth-order valence-corrected chi connectivity index (χ4v) is 2.66. The van der Waals surface area contributed by atoms with Gasteiger partial charge in [0.15, 0.2) is 0 Å². The summed E-state index contributed by atoms with van der Waals surface area (Å²) in [6.07, 6.45) is 4.81. The van der Waals surface area contributed by atoms with Crippen LogP contribution in [0.25, 0.3) is 0 Å². The Kier molecular flexibility index (Phi) is 4.46. The van der Waals surface area contributed by atoms with Crippen molar-refractivity contribution >= 4 is 11.6 Å². The largest absolute Gasteiger partial charge is 0.495 e. The molecule has 1 unspecified atom stereocenters. The second-order valence-electron chi connectivity index (χ2n) is 4.60. The molecular formula is C14H17ClN2O. The van der Waals surface area contributed by atoms with Crippen LogP contribution < -0.4 is 10.1 Å². The lowest BCUT2D eigenvalue weighted by Gasteiger charge is -2.18. The topological polar surface area (TPSA) is 45.0 Å². The molecule has 3 nitrogen and oxygen atoms in total. The summed E-state index contributed by atoms with van der Waals surface area (Å²) in [6, 6.07) is 7.95. The van der Waals surface area contributed by atoms with E-state index in [1.54, 1.807) is 19.2 Å². The van der Waals surface area contributed by atoms with Crippen LogP contribution in [0.5, 0.6) is 5.75 Å². The maximum atomic E-state index is 9.27. The van der Waals surface area contributed by atoms with E-state index in [1.165, 1.54) is 12.8 Å². The second kappa shape index (κ2) is 6.08. The van der Waals surface area contributed by atoms with E-state index in [4.69, 9.17) is 16.3 Å². The number of nitrogens with one attached hydrogen (secondary N) is 1. The quantitative estimate of drug-likeness (QED) is 0.906. The minimum absolute atomic E-state index is 0.295. The van der Waals surface area contributed by atoms with Gasteiger partial charge in [0.25, 0.3) is 0 Å². The molecule has 18 heavy (non-hydrogen) atoms. The van der Waals surface area contributed by atoms with Gasteiger partial charge in [-0.2, -0.15) is 5.26 Å². The van der Waals surface area contributed by atoms with Crippen molar-refractivity contribution in [3.63, 3.8) is 0 Å². The molecule has 0 radical (unpaired) electrons. The fraction of sp³-hybridized carbons (Fsp3) is 0.500. The van der Waals surface area contributed by atoms with Gasteiger partial charge < -0.3 is 4.74 Å². The predicted octanol–water partition coefficient (Wildman–Crippen LogP) is 3.45. The van der Waals surface area contributed by atoms with E-state index in [1.807, 2.05) is 6.07 Å². The summed E-state index contributed by atoms with van der Waals surface area (Å²) in [5, 5.41) is 13.2. The van der Waals surface area contributed by atoms with Crippen LogP contribution in [0.3, 0.4) is 0 Å². The zero-order valence-corrected chi connectivity index (χ0v) is 11.2. The summed E-state index contributed by atoms with van der Waals surface area (Å²) >= 11 is 6.09. The molecule has 1 atom stereocenters. The molecule has 0 saturated heterocycles. The van der Waals surface area contributed by atoms with E-state index in [9.17, 15) is 5.26 Å². The number of benzene rings is 1. The van der Waals surface area contributed by atoms with E-state index in [2.05, 4.69) is 11.4 Å². The first kappa shape index (κ1) is 13.2. The van der Waals surface area contributed by atoms with E-state index < -0.39 is 0 Å². The van der Waals surface area contributed by atoms with Crippen molar-refractivity contribution in [3.8, 4) is 11.8 Å². The molecule has 2 rings (SSSR count). The van der Waals surface area contributed by atoms with Gasteiger partial charge in [-0.05, 0) is 30.5 Å². The predicted molar refractivity (Wildman–Crippen MR) is 71.7 cm³/mol. The van der Waals surface area contributed by atoms with Crippen LogP contribution in [-0.2, 0) is 0 Å². The highest BCUT2D eigenvalue weighted by Gasteiger charge is 2.20. The molecule has 0 amide bonds. The highest BCUT2D eigenvalue weighted by molar-refractivity contribution is 6.32. The molecule has 1 N–H and O–H groups in total. The smallest absolute Gasteiger partial charge is 0.137 e. The van der Waals surface area contributed by atoms with Crippen LogP contribution in [0, 0.1) is 11.3 Å². The Morgan fingerprint density at radius 1 is 1.44 bits per heavy atom. The van der Waals surface area contributed by atoms with Crippen molar-refractivity contribution in [1.29, 1.82) is 5.26 Å². The first-order valence-electron chi connectivity index (χ1n) is 6.23. The molecule has 0 bridgehead atoms. The first-order chi connectivity index (χ1) is 8.74. The number of halogens is 1. The van der Waals surface area contributed by atoms with Crippen LogP contribution in [0.15, 0.2) is 18.2 Å². The maximum absolute atomic E-state index is 9.27. The van der Waals surface area contributed by atoms with Gasteiger partial charge in [0, 0.05) is 6.04 Å². The van der Waals surface area contributed by atoms with Crippen molar-refractivity contribution in [1.82, 2.24) is 5.32 Å². The molecule has 4 heteroatoms. The van der Waals surface area contributed by atoms with E-state index in [-0.39, 0.29) is 6.04 Å². The molecule has 0 spiro atoms. The number of ether oxygens (including phenoxy) is 1. The zero-order valence-electron chi connectivity index (χ0n) is 10.4. The average molecular weight is 265 g/mol. The molecule has 0 heterocycles. The van der Waals surface area contributed by atoms with Gasteiger partial charge in [-0.15, -0.1) is 0 Å². The summed E-state index contributed by atoms with van der Waals surface area (Å²) in [4.78, 5) is 0. The van der Waals surface area contributed by atoms with Crippen LogP contribution in [-0.4, -0.2) is 13.2 Å². The maximum Gasteiger partial charge on any atom is 0.137 e. The molecule has 1 aromatic rings. The van der Waals surface area contributed by atoms with Crippen molar-refractivity contribution < 1.29 is 4.74 Å². The Labute approximate surface area is 113 Å². The number of rotatable bonds is 4. The third kappa shape index (κ3) is 2.95. The fourth-order valence-electron chi connectivity index (χ4n) is 2.40. The molecule has 1 aliphatic carbocycles. The standard InChI is InChI=1S/C14H17ClN2O/c1-18-14-7-6-10(8-12(14)15)13(9-16)17-11-4-2-3-5-11/h6-8,11,13,17H,2-5H2,1H3. The van der Waals surface area contributed by atoms with E-state index in [0.717, 1.165) is 18.4 Å². The monoisotopic (exact) mass is 264 g/mol. The minimum Gasteiger partial charge on any atom is -0.495 e. The third-order valence-corrected chi connectivity index (χ3v) is 3.69. The van der Waals surface area contributed by atoms with Crippen LogP contribution in [0.1, 0.15) is 37.3 Å². The van der Waals surface area contributed by atoms with Gasteiger partial charge >= 0.3 is 0 Å². The number of nitrogens with zero attached hydrogens (tertiary/aromatic N) is 1. The Morgan fingerprint density at radius 3 is 2.72 bits per heavy atom. The number of hydrogen-bond donors (Lipinski definition) is 1. The van der Waals surface area contributed by atoms with Gasteiger partial charge in [0.1, 0.15) is 11.8 Å². The number of hydrogen-bond acceptors (Lipinski definition) is 3. The van der Waals surface area contributed by atoms with Crippen molar-refractivity contribution in [2.45, 2.75) is 37.8 Å². The van der Waals surface area contributed by atoms with Gasteiger partial charge in [-0.25, -0.2) is 0 Å². The Balaban J connectivity index is 2.12. The summed E-state index contributed by atoms with van der Waals surface area (Å²) in [7, 11) is 1.58. The summed E-state index contributed by atoms with van der Waals surface area (Å²) in [6.45, 7) is 0. The number of nitriles is 1. The molecular weight excluding hydrogens is 248 g/mol. The molecule has 1 fully saturated rings. The summed E-state index contributed by atoms with van der Waals surface area (Å²) < 4.78 is 5.11. The van der Waals surface area contributed by atoms with Gasteiger partial charge in [0.05, 0.1) is 18.2 Å². The summed E-state index contributed by atoms with van der Waals surface area (Å²) in [5.41, 5.74) is 0.898. The van der Waals surface area contributed by atoms with Crippen LogP contribution in [0.4, 0.5) is 0 Å². The second-order valence-corrected chi connectivity index (χ2v) is 5.01. The molecule has 96 valence electrons. The molecule has 1 saturated carbocycles. The average Bonchev–Trinajstić information content (AvgIpc) is 2.88. The molecule has 0 aromatic heterocycles. The Hall–Kier alpha value is -1.24. The van der Waals surface area contributed by atoms with E-state index in [0.29, 0.717) is 16.8 Å². The molecule has 1 aliphatic rings. The van der Waals surface area contributed by atoms with Gasteiger partial charge in [0.2, 0.25) is 0 Å². The SMILES string of the molecule is COc1ccc(C(C#N)NC2CCCC2)cc1Cl. The van der Waals surface area contributed by atoms with Crippen molar-refractivity contribution in [2.75, 3.05) is 7.11 Å². The van der Waals surface area contributed by atoms with Crippen molar-refractivity contribution in [3.05, 3.63) is 28.8 Å². The first-order valence-corrected chi connectivity index (χ1v) is 6.61. The van der Waals surface area contributed by atoms with Crippen LogP contribution in [0.2, 0.25) is 5.02 Å². The van der Waals surface area contributed by atoms with Gasteiger partial charge in [-0.1, -0.05) is 30.5 Å². The zero-order chi connectivity index (χ0) is 13.0. The summed E-state index contributed by atoms with van der Waals surface area (Å²) in [5.74, 6) is 0.637. The Morgan fingerprint density at radius 2 is 2.17 bits per heavy atom. The molecule has 0 aliphatic heterocycles. The Bertz CT molecular complexity index is 450. The lowest BCUT2D eigenvalue weighted by Crippen LogP contribution is -2.29. The van der Waals surface area contributed by atoms with Crippen molar-refractivity contribution in [2.24, 2.45) is 0 Å². The lowest BCUT2D eigenvalue weighted by molar-refractivity contribution is 0.414. The highest BCUT2D eigenvalue weighted by atomic mass is 35.5. The van der Waals surface area contributed by atoms with Crippen LogP contribution >= 0.6 is 11.6 Å². The molecule has 1 aromatic carbocycles. The minimum atomic E-state index is -0.295. The normalized spacial score (nSPS) is 17.4. The highest BCUT2D eigenvalue weighted by Crippen LogP contribution is 2.28. The van der Waals surface area contributed by atoms with E-state index >= 15 is 0 Å². The lowest BCUT2D eigenvalue weighted by atomic mass is 10.1. The third-order valence-electron chi connectivity index (χ3n) is 3.40.